The number of nitrogens with zero attached hydrogens (tertiary/aromatic N) is 4. The third-order valence-electron chi connectivity index (χ3n) is 4.21. The monoisotopic (exact) mass is 413 g/mol. The van der Waals surface area contributed by atoms with Crippen LogP contribution in [0.4, 0.5) is 0 Å². The maximum Gasteiger partial charge on any atom is 0.283 e. The molecule has 0 spiro atoms. The van der Waals surface area contributed by atoms with Gasteiger partial charge in [-0.05, 0) is 37.3 Å². The minimum absolute atomic E-state index is 0.00494. The van der Waals surface area contributed by atoms with Gasteiger partial charge in [-0.3, -0.25) is 10.2 Å². The highest BCUT2D eigenvalue weighted by Gasteiger charge is 2.41. The quantitative estimate of drug-likeness (QED) is 0.601. The highest BCUT2D eigenvalue weighted by atomic mass is 32.2. The van der Waals surface area contributed by atoms with Crippen LogP contribution in [-0.2, 0) is 14.6 Å². The van der Waals surface area contributed by atoms with Crippen LogP contribution in [0.1, 0.15) is 11.3 Å². The number of carbonyl (C=O) groups excluding carboxylic acids is 1. The fourth-order valence-corrected chi connectivity index (χ4v) is 4.68. The van der Waals surface area contributed by atoms with Crippen molar-refractivity contribution in [3.63, 3.8) is 0 Å². The minimum Gasteiger partial charge on any atom is -0.317 e. The lowest BCUT2D eigenvalue weighted by molar-refractivity contribution is -0.114. The fourth-order valence-electron chi connectivity index (χ4n) is 2.84. The molecule has 0 aliphatic carbocycles. The Bertz CT molecular complexity index is 1200. The Hall–Kier alpha value is -2.98. The average molecular weight is 413 g/mol. The first-order chi connectivity index (χ1) is 13.3. The number of benzene rings is 1. The summed E-state index contributed by atoms with van der Waals surface area (Å²) in [6.45, 7) is 1.99. The van der Waals surface area contributed by atoms with Gasteiger partial charge in [-0.15, -0.1) is 0 Å². The highest BCUT2D eigenvalue weighted by Crippen LogP contribution is 2.30. The zero-order valence-electron chi connectivity index (χ0n) is 14.9. The number of aliphatic imine (C=N–C) groups is 1. The second kappa shape index (κ2) is 6.57. The van der Waals surface area contributed by atoms with E-state index in [9.17, 15) is 13.2 Å². The molecule has 4 rings (SSSR count). The van der Waals surface area contributed by atoms with E-state index in [1.807, 2.05) is 48.0 Å². The van der Waals surface area contributed by atoms with E-state index in [0.717, 1.165) is 34.4 Å². The Morgan fingerprint density at radius 3 is 2.57 bits per heavy atom. The summed E-state index contributed by atoms with van der Waals surface area (Å²) in [5, 5.41) is 8.18. The van der Waals surface area contributed by atoms with Crippen molar-refractivity contribution in [1.29, 1.82) is 5.41 Å². The van der Waals surface area contributed by atoms with E-state index in [2.05, 4.69) is 9.39 Å². The standard InChI is InChI=1S/C18H15N5O3S2/c1-11-5-7-12(8-6-11)22-9-3-4-13(22)10-14-15(19)23-17(20-16(14)24)27-21-18(23)28(2,25)26/h3-10,19H,1-2H3/b14-10-,19-15?. The summed E-state index contributed by atoms with van der Waals surface area (Å²) < 4.78 is 29.6. The van der Waals surface area contributed by atoms with Gasteiger partial charge in [0.1, 0.15) is 5.84 Å². The molecule has 0 bridgehead atoms. The fraction of sp³-hybridized carbons (Fsp3) is 0.111. The van der Waals surface area contributed by atoms with Crippen LogP contribution in [0.15, 0.2) is 57.6 Å². The normalized spacial score (nSPS) is 18.4. The molecule has 0 saturated carbocycles. The molecule has 0 atom stereocenters. The molecule has 1 aromatic heterocycles. The van der Waals surface area contributed by atoms with E-state index in [-0.39, 0.29) is 21.7 Å². The summed E-state index contributed by atoms with van der Waals surface area (Å²) in [4.78, 5) is 17.5. The van der Waals surface area contributed by atoms with Gasteiger partial charge in [-0.2, -0.15) is 9.39 Å². The lowest BCUT2D eigenvalue weighted by atomic mass is 10.1. The number of amidine groups is 3. The molecule has 1 amide bonds. The van der Waals surface area contributed by atoms with Crippen LogP contribution in [0.3, 0.4) is 0 Å². The Labute approximate surface area is 165 Å². The topological polar surface area (TPSA) is 108 Å². The Morgan fingerprint density at radius 1 is 1.18 bits per heavy atom. The van der Waals surface area contributed by atoms with Crippen molar-refractivity contribution in [2.45, 2.75) is 6.92 Å². The number of hydrogen-bond donors (Lipinski definition) is 1. The van der Waals surface area contributed by atoms with Crippen LogP contribution >= 0.6 is 11.9 Å². The van der Waals surface area contributed by atoms with Crippen molar-refractivity contribution in [2.24, 2.45) is 9.39 Å². The minimum atomic E-state index is -3.67. The maximum atomic E-state index is 12.5. The molecular formula is C18H15N5O3S2. The Kier molecular flexibility index (Phi) is 4.31. The molecule has 3 heterocycles. The molecule has 0 fully saturated rings. The van der Waals surface area contributed by atoms with Crippen molar-refractivity contribution in [3.05, 3.63) is 59.4 Å². The van der Waals surface area contributed by atoms with E-state index in [1.165, 1.54) is 6.08 Å². The van der Waals surface area contributed by atoms with Gasteiger partial charge < -0.3 is 4.57 Å². The molecule has 2 aliphatic heterocycles. The van der Waals surface area contributed by atoms with Gasteiger partial charge in [0.2, 0.25) is 20.2 Å². The van der Waals surface area contributed by atoms with Gasteiger partial charge in [0, 0.05) is 23.8 Å². The van der Waals surface area contributed by atoms with E-state index in [4.69, 9.17) is 5.41 Å². The van der Waals surface area contributed by atoms with E-state index in [0.29, 0.717) is 5.69 Å². The van der Waals surface area contributed by atoms with Crippen molar-refractivity contribution >= 4 is 49.9 Å². The third kappa shape index (κ3) is 3.10. The number of hydrogen-bond acceptors (Lipinski definition) is 6. The SMILES string of the molecule is Cc1ccc(-n2cccc2/C=C2/C(=N)N3C(=NC2=O)SN=C3S(C)(=O)=O)cc1. The molecule has 0 unspecified atom stereocenters. The van der Waals surface area contributed by atoms with E-state index in [1.54, 1.807) is 6.07 Å². The molecule has 28 heavy (non-hydrogen) atoms. The molecule has 2 aromatic rings. The van der Waals surface area contributed by atoms with Crippen LogP contribution in [0, 0.1) is 12.3 Å². The first kappa shape index (κ1) is 18.4. The van der Waals surface area contributed by atoms with Crippen molar-refractivity contribution in [1.82, 2.24) is 9.47 Å². The molecule has 2 aliphatic rings. The first-order valence-corrected chi connectivity index (χ1v) is 10.9. The zero-order valence-corrected chi connectivity index (χ0v) is 16.6. The van der Waals surface area contributed by atoms with Crippen LogP contribution < -0.4 is 0 Å². The lowest BCUT2D eigenvalue weighted by Gasteiger charge is -2.23. The van der Waals surface area contributed by atoms with Gasteiger partial charge in [0.05, 0.1) is 17.5 Å². The summed E-state index contributed by atoms with van der Waals surface area (Å²) in [7, 11) is -3.67. The summed E-state index contributed by atoms with van der Waals surface area (Å²) >= 11 is 0.771. The number of rotatable bonds is 2. The molecule has 1 N–H and O–H groups in total. The van der Waals surface area contributed by atoms with Crippen molar-refractivity contribution < 1.29 is 13.2 Å². The number of aromatic nitrogens is 1. The molecule has 0 radical (unpaired) electrons. The molecule has 1 aromatic carbocycles. The lowest BCUT2D eigenvalue weighted by Crippen LogP contribution is -2.45. The zero-order chi connectivity index (χ0) is 20.1. The number of nitrogens with one attached hydrogen (secondary N) is 1. The van der Waals surface area contributed by atoms with E-state index < -0.39 is 15.7 Å². The largest absolute Gasteiger partial charge is 0.317 e. The van der Waals surface area contributed by atoms with E-state index >= 15 is 0 Å². The predicted molar refractivity (Wildman–Crippen MR) is 110 cm³/mol. The molecule has 8 nitrogen and oxygen atoms in total. The number of carbonyl (C=O) groups is 1. The Balaban J connectivity index is 1.77. The number of sulfone groups is 1. The van der Waals surface area contributed by atoms with Crippen LogP contribution in [0.25, 0.3) is 11.8 Å². The van der Waals surface area contributed by atoms with Gasteiger partial charge in [0.25, 0.3) is 5.91 Å². The summed E-state index contributed by atoms with van der Waals surface area (Å²) in [5.74, 6) is -0.869. The summed E-state index contributed by atoms with van der Waals surface area (Å²) in [6, 6.07) is 11.5. The van der Waals surface area contributed by atoms with Crippen LogP contribution in [0.2, 0.25) is 0 Å². The van der Waals surface area contributed by atoms with Gasteiger partial charge in [-0.25, -0.2) is 13.3 Å². The predicted octanol–water partition coefficient (Wildman–Crippen LogP) is 2.41. The van der Waals surface area contributed by atoms with Crippen LogP contribution in [0.5, 0.6) is 0 Å². The molecule has 0 saturated heterocycles. The van der Waals surface area contributed by atoms with Crippen molar-refractivity contribution in [3.8, 4) is 5.69 Å². The summed E-state index contributed by atoms with van der Waals surface area (Å²) in [6.07, 6.45) is 4.39. The Morgan fingerprint density at radius 2 is 1.89 bits per heavy atom. The van der Waals surface area contributed by atoms with Gasteiger partial charge in [-0.1, -0.05) is 17.7 Å². The number of fused-ring (bicyclic) bond motifs is 1. The smallest absolute Gasteiger partial charge is 0.283 e. The average Bonchev–Trinajstić information content (AvgIpc) is 3.26. The molecule has 10 heteroatoms. The second-order valence-electron chi connectivity index (χ2n) is 6.32. The first-order valence-electron chi connectivity index (χ1n) is 8.19. The molecular weight excluding hydrogens is 398 g/mol. The summed E-state index contributed by atoms with van der Waals surface area (Å²) in [5.41, 5.74) is 2.69. The third-order valence-corrected chi connectivity index (χ3v) is 5.96. The van der Waals surface area contributed by atoms with Crippen molar-refractivity contribution in [2.75, 3.05) is 6.26 Å². The highest BCUT2D eigenvalue weighted by molar-refractivity contribution is 8.16. The number of amides is 1. The molecule has 142 valence electrons. The van der Waals surface area contributed by atoms with Gasteiger partial charge in [0.15, 0.2) is 0 Å². The second-order valence-corrected chi connectivity index (χ2v) is 8.96. The number of aryl methyl sites for hydroxylation is 1. The van der Waals surface area contributed by atoms with Crippen LogP contribution in [-0.4, -0.2) is 46.2 Å². The maximum absolute atomic E-state index is 12.5. The van der Waals surface area contributed by atoms with Gasteiger partial charge >= 0.3 is 0 Å².